The number of nitrogens with zero attached hydrogens (tertiary/aromatic N) is 2. The van der Waals surface area contributed by atoms with Crippen LogP contribution in [0.4, 0.5) is 5.82 Å². The zero-order valence-electron chi connectivity index (χ0n) is 13.1. The van der Waals surface area contributed by atoms with Crippen LogP contribution < -0.4 is 5.32 Å². The maximum absolute atomic E-state index is 12.3. The Labute approximate surface area is 132 Å². The first-order chi connectivity index (χ1) is 10.4. The van der Waals surface area contributed by atoms with Crippen molar-refractivity contribution in [2.24, 2.45) is 5.92 Å². The number of nitrogens with one attached hydrogen (secondary N) is 1. The molecule has 1 atom stereocenters. The number of hydrogen-bond acceptors (Lipinski definition) is 4. The highest BCUT2D eigenvalue weighted by Crippen LogP contribution is 2.21. The molecule has 122 valence electrons. The van der Waals surface area contributed by atoms with E-state index in [2.05, 4.69) is 10.3 Å². The third-order valence-corrected chi connectivity index (χ3v) is 5.82. The predicted molar refractivity (Wildman–Crippen MR) is 86.0 cm³/mol. The summed E-state index contributed by atoms with van der Waals surface area (Å²) in [5.74, 6) is 0.177. The van der Waals surface area contributed by atoms with Crippen LogP contribution in [0, 0.1) is 12.8 Å². The fourth-order valence-corrected chi connectivity index (χ4v) is 4.22. The van der Waals surface area contributed by atoms with Gasteiger partial charge in [-0.25, -0.2) is 17.7 Å². The minimum Gasteiger partial charge on any atom is -0.310 e. The van der Waals surface area contributed by atoms with Crippen LogP contribution in [-0.4, -0.2) is 42.5 Å². The van der Waals surface area contributed by atoms with Crippen LogP contribution in [0.25, 0.3) is 0 Å². The average molecular weight is 325 g/mol. The number of amides is 1. The van der Waals surface area contributed by atoms with Crippen LogP contribution in [0.1, 0.15) is 31.7 Å². The fraction of sp³-hybridized carbons (Fsp3) is 0.600. The Morgan fingerprint density at radius 3 is 2.95 bits per heavy atom. The van der Waals surface area contributed by atoms with Crippen molar-refractivity contribution in [1.29, 1.82) is 0 Å². The molecule has 1 unspecified atom stereocenters. The Kier molecular flexibility index (Phi) is 5.52. The van der Waals surface area contributed by atoms with Crippen molar-refractivity contribution in [3.63, 3.8) is 0 Å². The summed E-state index contributed by atoms with van der Waals surface area (Å²) in [5, 5.41) is 2.78. The highest BCUT2D eigenvalue weighted by atomic mass is 32.2. The van der Waals surface area contributed by atoms with E-state index in [4.69, 9.17) is 0 Å². The van der Waals surface area contributed by atoms with E-state index in [9.17, 15) is 13.2 Å². The molecule has 0 bridgehead atoms. The van der Waals surface area contributed by atoms with Crippen LogP contribution in [0.2, 0.25) is 0 Å². The lowest BCUT2D eigenvalue weighted by Crippen LogP contribution is -2.44. The first-order valence-corrected chi connectivity index (χ1v) is 9.24. The molecular weight excluding hydrogens is 302 g/mol. The SMILES string of the molecule is CCCS(=O)(=O)N1CCCC(C(=O)Nc2cc(C)ccn2)C1. The zero-order valence-corrected chi connectivity index (χ0v) is 13.9. The van der Waals surface area contributed by atoms with Gasteiger partial charge in [0.15, 0.2) is 0 Å². The maximum atomic E-state index is 12.3. The normalized spacial score (nSPS) is 19.8. The molecule has 1 fully saturated rings. The van der Waals surface area contributed by atoms with E-state index >= 15 is 0 Å². The highest BCUT2D eigenvalue weighted by Gasteiger charge is 2.31. The molecule has 1 aromatic rings. The molecule has 0 saturated carbocycles. The summed E-state index contributed by atoms with van der Waals surface area (Å²) in [6.07, 6.45) is 3.64. The second kappa shape index (κ2) is 7.19. The molecule has 0 spiro atoms. The first kappa shape index (κ1) is 16.9. The van der Waals surface area contributed by atoms with E-state index in [1.54, 1.807) is 12.3 Å². The van der Waals surface area contributed by atoms with Gasteiger partial charge in [-0.3, -0.25) is 4.79 Å². The van der Waals surface area contributed by atoms with E-state index in [-0.39, 0.29) is 24.1 Å². The number of carbonyl (C=O) groups is 1. The van der Waals surface area contributed by atoms with E-state index in [0.717, 1.165) is 5.56 Å². The van der Waals surface area contributed by atoms with E-state index < -0.39 is 10.0 Å². The topological polar surface area (TPSA) is 79.4 Å². The summed E-state index contributed by atoms with van der Waals surface area (Å²) in [6, 6.07) is 3.65. The van der Waals surface area contributed by atoms with Gasteiger partial charge in [-0.05, 0) is 43.9 Å². The van der Waals surface area contributed by atoms with Gasteiger partial charge >= 0.3 is 0 Å². The van der Waals surface area contributed by atoms with Crippen LogP contribution in [0.3, 0.4) is 0 Å². The van der Waals surface area contributed by atoms with Crippen molar-refractivity contribution in [1.82, 2.24) is 9.29 Å². The smallest absolute Gasteiger partial charge is 0.229 e. The minimum atomic E-state index is -3.24. The second-order valence-corrected chi connectivity index (χ2v) is 7.81. The van der Waals surface area contributed by atoms with Gasteiger partial charge < -0.3 is 5.32 Å². The Morgan fingerprint density at radius 2 is 2.27 bits per heavy atom. The van der Waals surface area contributed by atoms with Crippen LogP contribution >= 0.6 is 0 Å². The van der Waals surface area contributed by atoms with Gasteiger partial charge in [-0.2, -0.15) is 0 Å². The summed E-state index contributed by atoms with van der Waals surface area (Å²) in [6.45, 7) is 4.54. The van der Waals surface area contributed by atoms with Crippen LogP contribution in [-0.2, 0) is 14.8 Å². The molecule has 1 saturated heterocycles. The lowest BCUT2D eigenvalue weighted by molar-refractivity contribution is -0.120. The molecule has 6 nitrogen and oxygen atoms in total. The summed E-state index contributed by atoms with van der Waals surface area (Å²) in [7, 11) is -3.24. The Morgan fingerprint density at radius 1 is 1.50 bits per heavy atom. The monoisotopic (exact) mass is 325 g/mol. The maximum Gasteiger partial charge on any atom is 0.229 e. The quantitative estimate of drug-likeness (QED) is 0.895. The largest absolute Gasteiger partial charge is 0.310 e. The molecule has 1 amide bonds. The molecule has 2 heterocycles. The number of piperidine rings is 1. The van der Waals surface area contributed by atoms with Gasteiger partial charge in [0.25, 0.3) is 0 Å². The molecule has 1 aromatic heterocycles. The van der Waals surface area contributed by atoms with Crippen molar-refractivity contribution in [2.75, 3.05) is 24.2 Å². The third kappa shape index (κ3) is 4.27. The van der Waals surface area contributed by atoms with Gasteiger partial charge in [0, 0.05) is 19.3 Å². The summed E-state index contributed by atoms with van der Waals surface area (Å²) >= 11 is 0. The van der Waals surface area contributed by atoms with E-state index in [1.165, 1.54) is 4.31 Å². The van der Waals surface area contributed by atoms with Gasteiger partial charge in [0.05, 0.1) is 11.7 Å². The summed E-state index contributed by atoms with van der Waals surface area (Å²) in [5.41, 5.74) is 1.01. The summed E-state index contributed by atoms with van der Waals surface area (Å²) in [4.78, 5) is 16.4. The molecule has 1 aliphatic rings. The van der Waals surface area contributed by atoms with Crippen molar-refractivity contribution < 1.29 is 13.2 Å². The summed E-state index contributed by atoms with van der Waals surface area (Å²) < 4.78 is 25.7. The number of anilines is 1. The Hall–Kier alpha value is -1.47. The highest BCUT2D eigenvalue weighted by molar-refractivity contribution is 7.89. The Balaban J connectivity index is 2.01. The van der Waals surface area contributed by atoms with Gasteiger partial charge in [-0.15, -0.1) is 0 Å². The van der Waals surface area contributed by atoms with Crippen molar-refractivity contribution in [2.45, 2.75) is 33.1 Å². The zero-order chi connectivity index (χ0) is 16.2. The number of aryl methyl sites for hydroxylation is 1. The number of pyridine rings is 1. The minimum absolute atomic E-state index is 0.140. The van der Waals surface area contributed by atoms with Crippen LogP contribution in [0.15, 0.2) is 18.3 Å². The molecule has 2 rings (SSSR count). The second-order valence-electron chi connectivity index (χ2n) is 5.72. The molecule has 0 aromatic carbocycles. The Bertz CT molecular complexity index is 631. The first-order valence-electron chi connectivity index (χ1n) is 7.63. The lowest BCUT2D eigenvalue weighted by atomic mass is 9.99. The van der Waals surface area contributed by atoms with Gasteiger partial charge in [0.1, 0.15) is 5.82 Å². The van der Waals surface area contributed by atoms with Crippen LogP contribution in [0.5, 0.6) is 0 Å². The number of aromatic nitrogens is 1. The molecule has 7 heteroatoms. The lowest BCUT2D eigenvalue weighted by Gasteiger charge is -2.31. The molecule has 22 heavy (non-hydrogen) atoms. The van der Waals surface area contributed by atoms with Gasteiger partial charge in [-0.1, -0.05) is 6.92 Å². The average Bonchev–Trinajstić information content (AvgIpc) is 2.47. The molecular formula is C15H23N3O3S. The fourth-order valence-electron chi connectivity index (χ4n) is 2.63. The van der Waals surface area contributed by atoms with Crippen molar-refractivity contribution in [3.05, 3.63) is 23.9 Å². The molecule has 0 aliphatic carbocycles. The number of rotatable bonds is 5. The van der Waals surface area contributed by atoms with Crippen molar-refractivity contribution in [3.8, 4) is 0 Å². The number of carbonyl (C=O) groups excluding carboxylic acids is 1. The van der Waals surface area contributed by atoms with Crippen molar-refractivity contribution >= 4 is 21.7 Å². The number of sulfonamides is 1. The molecule has 1 N–H and O–H groups in total. The van der Waals surface area contributed by atoms with Gasteiger partial charge in [0.2, 0.25) is 15.9 Å². The van der Waals surface area contributed by atoms with E-state index in [0.29, 0.717) is 31.6 Å². The molecule has 1 aliphatic heterocycles. The standard InChI is InChI=1S/C15H23N3O3S/c1-3-9-22(20,21)18-8-4-5-13(11-18)15(19)17-14-10-12(2)6-7-16-14/h6-7,10,13H,3-5,8-9,11H2,1-2H3,(H,16,17,19). The number of hydrogen-bond donors (Lipinski definition) is 1. The third-order valence-electron chi connectivity index (χ3n) is 3.78. The predicted octanol–water partition coefficient (Wildman–Crippen LogP) is 1.78. The van der Waals surface area contributed by atoms with E-state index in [1.807, 2.05) is 19.9 Å². The molecule has 0 radical (unpaired) electrons.